The quantitative estimate of drug-likeness (QED) is 0.871. The number of aliphatic carboxylic acids is 1. The number of carboxylic acid groups (broad SMARTS) is 1. The van der Waals surface area contributed by atoms with Crippen molar-refractivity contribution in [2.75, 3.05) is 5.75 Å². The molecule has 1 saturated carbocycles. The van der Waals surface area contributed by atoms with Gasteiger partial charge in [-0.3, -0.25) is 9.59 Å². The van der Waals surface area contributed by atoms with Crippen molar-refractivity contribution in [3.8, 4) is 0 Å². The lowest BCUT2D eigenvalue weighted by molar-refractivity contribution is -0.141. The molecule has 21 heavy (non-hydrogen) atoms. The molecule has 0 bridgehead atoms. The first-order valence-electron chi connectivity index (χ1n) is 6.86. The lowest BCUT2D eigenvalue weighted by atomic mass is 10.1. The minimum Gasteiger partial charge on any atom is -0.480 e. The van der Waals surface area contributed by atoms with E-state index < -0.39 is 23.5 Å². The van der Waals surface area contributed by atoms with Gasteiger partial charge < -0.3 is 15.0 Å². The number of aryl methyl sites for hydroxylation is 1. The molecular formula is C14H16N2O4S. The van der Waals surface area contributed by atoms with E-state index in [-0.39, 0.29) is 10.9 Å². The Morgan fingerprint density at radius 2 is 2.10 bits per heavy atom. The monoisotopic (exact) mass is 308 g/mol. The molecule has 0 aromatic carbocycles. The molecule has 2 atom stereocenters. The molecule has 1 amide bonds. The van der Waals surface area contributed by atoms with Crippen molar-refractivity contribution in [3.05, 3.63) is 33.7 Å². The summed E-state index contributed by atoms with van der Waals surface area (Å²) in [5.41, 5.74) is 0.219. The Kier molecular flexibility index (Phi) is 3.52. The van der Waals surface area contributed by atoms with E-state index in [2.05, 4.69) is 4.98 Å². The fourth-order valence-corrected chi connectivity index (χ4v) is 4.23. The predicted molar refractivity (Wildman–Crippen MR) is 78.4 cm³/mol. The number of hydrogen-bond donors (Lipinski definition) is 2. The number of carbonyl (C=O) groups is 2. The number of rotatable bonds is 3. The molecule has 1 aliphatic heterocycles. The van der Waals surface area contributed by atoms with Crippen LogP contribution in [0.4, 0.5) is 0 Å². The van der Waals surface area contributed by atoms with E-state index in [9.17, 15) is 19.5 Å². The van der Waals surface area contributed by atoms with Crippen molar-refractivity contribution in [1.82, 2.24) is 9.88 Å². The van der Waals surface area contributed by atoms with Crippen molar-refractivity contribution in [2.45, 2.75) is 31.2 Å². The van der Waals surface area contributed by atoms with Gasteiger partial charge in [0, 0.05) is 11.4 Å². The maximum absolute atomic E-state index is 12.7. The lowest BCUT2D eigenvalue weighted by Crippen LogP contribution is -2.47. The molecule has 0 radical (unpaired) electrons. The Labute approximate surface area is 125 Å². The zero-order chi connectivity index (χ0) is 15.1. The minimum absolute atomic E-state index is 0.0139. The van der Waals surface area contributed by atoms with Crippen LogP contribution in [0.1, 0.15) is 28.9 Å². The Hall–Kier alpha value is -1.76. The average Bonchev–Trinajstić information content (AvgIpc) is 3.16. The first-order chi connectivity index (χ1) is 9.99. The fourth-order valence-electron chi connectivity index (χ4n) is 2.60. The number of carboxylic acids is 1. The van der Waals surface area contributed by atoms with Crippen LogP contribution in [0.2, 0.25) is 0 Å². The third kappa shape index (κ3) is 2.57. The Morgan fingerprint density at radius 1 is 1.38 bits per heavy atom. The maximum atomic E-state index is 12.7. The zero-order valence-electron chi connectivity index (χ0n) is 11.5. The van der Waals surface area contributed by atoms with Crippen LogP contribution in [-0.2, 0) is 4.79 Å². The highest BCUT2D eigenvalue weighted by Crippen LogP contribution is 2.45. The van der Waals surface area contributed by atoms with Crippen LogP contribution in [0.5, 0.6) is 0 Å². The van der Waals surface area contributed by atoms with Gasteiger partial charge in [-0.05, 0) is 37.8 Å². The molecule has 112 valence electrons. The van der Waals surface area contributed by atoms with Crippen molar-refractivity contribution < 1.29 is 14.7 Å². The van der Waals surface area contributed by atoms with Crippen molar-refractivity contribution >= 4 is 23.6 Å². The molecule has 2 aliphatic rings. The van der Waals surface area contributed by atoms with Gasteiger partial charge >= 0.3 is 5.97 Å². The van der Waals surface area contributed by atoms with E-state index in [1.807, 2.05) is 0 Å². The highest BCUT2D eigenvalue weighted by Gasteiger charge is 2.48. The number of nitrogens with one attached hydrogen (secondary N) is 1. The fraction of sp³-hybridized carbons (Fsp3) is 0.500. The van der Waals surface area contributed by atoms with Gasteiger partial charge in [-0.2, -0.15) is 0 Å². The van der Waals surface area contributed by atoms with Crippen LogP contribution in [0, 0.1) is 12.8 Å². The van der Waals surface area contributed by atoms with Crippen LogP contribution in [-0.4, -0.2) is 44.0 Å². The van der Waals surface area contributed by atoms with E-state index >= 15 is 0 Å². The molecule has 3 rings (SSSR count). The molecule has 2 heterocycles. The Bertz CT molecular complexity index is 653. The van der Waals surface area contributed by atoms with E-state index in [0.717, 1.165) is 12.8 Å². The van der Waals surface area contributed by atoms with Gasteiger partial charge in [0.25, 0.3) is 11.5 Å². The van der Waals surface area contributed by atoms with E-state index in [1.54, 1.807) is 13.0 Å². The number of carbonyl (C=O) groups excluding carboxylic acids is 1. The molecule has 6 nitrogen and oxygen atoms in total. The summed E-state index contributed by atoms with van der Waals surface area (Å²) in [6.07, 6.45) is 2.02. The molecule has 2 unspecified atom stereocenters. The summed E-state index contributed by atoms with van der Waals surface area (Å²) in [4.78, 5) is 40.0. The second kappa shape index (κ2) is 5.22. The molecule has 1 aliphatic carbocycles. The molecular weight excluding hydrogens is 292 g/mol. The third-order valence-electron chi connectivity index (χ3n) is 3.87. The average molecular weight is 308 g/mol. The predicted octanol–water partition coefficient (Wildman–Crippen LogP) is 1.06. The SMILES string of the molecule is Cc1ccc(C(=O)N2C(C(=O)O)CSC2C2CC2)c(=O)[nH]1. The van der Waals surface area contributed by atoms with Crippen LogP contribution in [0.3, 0.4) is 0 Å². The van der Waals surface area contributed by atoms with Crippen molar-refractivity contribution in [1.29, 1.82) is 0 Å². The number of thioether (sulfide) groups is 1. The zero-order valence-corrected chi connectivity index (χ0v) is 12.4. The van der Waals surface area contributed by atoms with E-state index in [1.165, 1.54) is 22.7 Å². The van der Waals surface area contributed by atoms with Gasteiger partial charge in [0.2, 0.25) is 0 Å². The third-order valence-corrected chi connectivity index (χ3v) is 5.33. The largest absolute Gasteiger partial charge is 0.480 e. The molecule has 1 saturated heterocycles. The number of hydrogen-bond acceptors (Lipinski definition) is 4. The van der Waals surface area contributed by atoms with Gasteiger partial charge in [0.05, 0.1) is 5.37 Å². The van der Waals surface area contributed by atoms with Crippen molar-refractivity contribution in [3.63, 3.8) is 0 Å². The second-order valence-electron chi connectivity index (χ2n) is 5.51. The van der Waals surface area contributed by atoms with Crippen molar-refractivity contribution in [2.24, 2.45) is 5.92 Å². The van der Waals surface area contributed by atoms with Crippen LogP contribution in [0.25, 0.3) is 0 Å². The minimum atomic E-state index is -1.01. The number of aromatic nitrogens is 1. The van der Waals surface area contributed by atoms with Gasteiger partial charge in [-0.15, -0.1) is 11.8 Å². The topological polar surface area (TPSA) is 90.5 Å². The maximum Gasteiger partial charge on any atom is 0.327 e. The molecule has 2 N–H and O–H groups in total. The number of aromatic amines is 1. The standard InChI is InChI=1S/C14H16N2O4S/c1-7-2-5-9(11(17)15-7)12(18)16-10(14(19)20)6-21-13(16)8-3-4-8/h2,5,8,10,13H,3-4,6H2,1H3,(H,15,17)(H,19,20). The number of nitrogens with zero attached hydrogens (tertiary/aromatic N) is 1. The van der Waals surface area contributed by atoms with Crippen LogP contribution in [0.15, 0.2) is 16.9 Å². The summed E-state index contributed by atoms with van der Waals surface area (Å²) in [5.74, 6) is -0.757. The summed E-state index contributed by atoms with van der Waals surface area (Å²) in [7, 11) is 0. The van der Waals surface area contributed by atoms with Gasteiger partial charge in [-0.1, -0.05) is 0 Å². The molecule has 7 heteroatoms. The smallest absolute Gasteiger partial charge is 0.327 e. The highest BCUT2D eigenvalue weighted by atomic mass is 32.2. The van der Waals surface area contributed by atoms with Gasteiger partial charge in [-0.25, -0.2) is 4.79 Å². The number of amides is 1. The summed E-state index contributed by atoms with van der Waals surface area (Å²) < 4.78 is 0. The van der Waals surface area contributed by atoms with E-state index in [4.69, 9.17) is 0 Å². The number of pyridine rings is 1. The summed E-state index contributed by atoms with van der Waals surface area (Å²) in [6.45, 7) is 1.73. The van der Waals surface area contributed by atoms with Gasteiger partial charge in [0.15, 0.2) is 0 Å². The van der Waals surface area contributed by atoms with Gasteiger partial charge in [0.1, 0.15) is 11.6 Å². The molecule has 1 aromatic rings. The first kappa shape index (κ1) is 14.2. The second-order valence-corrected chi connectivity index (χ2v) is 6.66. The molecule has 1 aromatic heterocycles. The number of H-pyrrole nitrogens is 1. The summed E-state index contributed by atoms with van der Waals surface area (Å²) in [6, 6.07) is 2.27. The van der Waals surface area contributed by atoms with E-state index in [0.29, 0.717) is 17.4 Å². The first-order valence-corrected chi connectivity index (χ1v) is 7.91. The Balaban J connectivity index is 1.95. The Morgan fingerprint density at radius 3 is 2.67 bits per heavy atom. The normalized spacial score (nSPS) is 25.1. The molecule has 0 spiro atoms. The summed E-state index contributed by atoms with van der Waals surface area (Å²) in [5, 5.41) is 9.19. The molecule has 2 fully saturated rings. The summed E-state index contributed by atoms with van der Waals surface area (Å²) >= 11 is 1.50. The van der Waals surface area contributed by atoms with Crippen LogP contribution < -0.4 is 5.56 Å². The van der Waals surface area contributed by atoms with Crippen LogP contribution >= 0.6 is 11.8 Å². The lowest BCUT2D eigenvalue weighted by Gasteiger charge is -2.27. The highest BCUT2D eigenvalue weighted by molar-refractivity contribution is 8.00.